The van der Waals surface area contributed by atoms with Crippen LogP contribution < -0.4 is 0 Å². The van der Waals surface area contributed by atoms with Crippen LogP contribution in [-0.2, 0) is 18.3 Å². The Morgan fingerprint density at radius 1 is 1.47 bits per heavy atom. The van der Waals surface area contributed by atoms with Crippen LogP contribution in [0.2, 0.25) is 0 Å². The number of carbonyl (C=O) groups is 1. The van der Waals surface area contributed by atoms with Crippen LogP contribution in [0.1, 0.15) is 12.5 Å². The van der Waals surface area contributed by atoms with Gasteiger partial charge in [-0.15, -0.1) is 0 Å². The van der Waals surface area contributed by atoms with Crippen molar-refractivity contribution in [2.24, 2.45) is 7.05 Å². The normalized spacial score (nSPS) is 10.9. The van der Waals surface area contributed by atoms with Gasteiger partial charge in [-0.25, -0.2) is 0 Å². The summed E-state index contributed by atoms with van der Waals surface area (Å²) in [5.74, 6) is 0.193. The highest BCUT2D eigenvalue weighted by Crippen LogP contribution is 2.28. The number of benzene rings is 1. The number of rotatable bonds is 2. The van der Waals surface area contributed by atoms with Gasteiger partial charge in [-0.1, -0.05) is 22.0 Å². The largest absolute Gasteiger partial charge is 0.350 e. The van der Waals surface area contributed by atoms with E-state index in [1.807, 2.05) is 25.4 Å². The van der Waals surface area contributed by atoms with Gasteiger partial charge in [0.25, 0.3) is 0 Å². The summed E-state index contributed by atoms with van der Waals surface area (Å²) in [6.45, 7) is 1.62. The van der Waals surface area contributed by atoms with E-state index in [9.17, 15) is 4.79 Å². The van der Waals surface area contributed by atoms with E-state index in [1.165, 1.54) is 0 Å². The van der Waals surface area contributed by atoms with Gasteiger partial charge in [-0.05, 0) is 24.6 Å². The minimum atomic E-state index is 0.193. The molecule has 2 nitrogen and oxygen atoms in total. The second-order valence-electron chi connectivity index (χ2n) is 3.78. The van der Waals surface area contributed by atoms with Crippen molar-refractivity contribution in [2.75, 3.05) is 0 Å². The predicted octanol–water partition coefficient (Wildman–Crippen LogP) is 3.07. The van der Waals surface area contributed by atoms with Crippen molar-refractivity contribution >= 4 is 32.6 Å². The molecule has 78 valence electrons. The summed E-state index contributed by atoms with van der Waals surface area (Å²) < 4.78 is 3.11. The van der Waals surface area contributed by atoms with Crippen molar-refractivity contribution in [1.29, 1.82) is 0 Å². The number of hydrogen-bond donors (Lipinski definition) is 0. The second-order valence-corrected chi connectivity index (χ2v) is 4.63. The van der Waals surface area contributed by atoms with Crippen molar-refractivity contribution in [3.63, 3.8) is 0 Å². The number of carbonyl (C=O) groups excluding carboxylic acids is 1. The standard InChI is InChI=1S/C12H12BrNO/c1-8(15)6-9-7-14(2)11-5-3-4-10(13)12(9)11/h3-5,7H,6H2,1-2H3. The van der Waals surface area contributed by atoms with Gasteiger partial charge >= 0.3 is 0 Å². The molecule has 0 aliphatic heterocycles. The zero-order valence-electron chi connectivity index (χ0n) is 8.75. The first-order chi connectivity index (χ1) is 7.09. The van der Waals surface area contributed by atoms with Gasteiger partial charge in [0.05, 0.1) is 0 Å². The number of aryl methyl sites for hydroxylation is 1. The molecule has 0 atom stereocenters. The van der Waals surface area contributed by atoms with Gasteiger partial charge in [-0.2, -0.15) is 0 Å². The maximum Gasteiger partial charge on any atom is 0.134 e. The molecule has 2 aromatic rings. The summed E-state index contributed by atoms with van der Waals surface area (Å²) in [6, 6.07) is 6.07. The first-order valence-corrected chi connectivity index (χ1v) is 5.60. The van der Waals surface area contributed by atoms with Gasteiger partial charge in [0.2, 0.25) is 0 Å². The van der Waals surface area contributed by atoms with Crippen molar-refractivity contribution < 1.29 is 4.79 Å². The van der Waals surface area contributed by atoms with E-state index in [2.05, 4.69) is 26.6 Å². The number of hydrogen-bond acceptors (Lipinski definition) is 1. The molecular formula is C12H12BrNO. The molecule has 0 N–H and O–H groups in total. The zero-order chi connectivity index (χ0) is 11.0. The molecule has 1 aromatic heterocycles. The zero-order valence-corrected chi connectivity index (χ0v) is 10.3. The quantitative estimate of drug-likeness (QED) is 0.818. The van der Waals surface area contributed by atoms with Gasteiger partial charge < -0.3 is 4.57 Å². The van der Waals surface area contributed by atoms with Gasteiger partial charge in [-0.3, -0.25) is 4.79 Å². The summed E-state index contributed by atoms with van der Waals surface area (Å²) in [5.41, 5.74) is 2.24. The van der Waals surface area contributed by atoms with E-state index >= 15 is 0 Å². The van der Waals surface area contributed by atoms with Crippen LogP contribution in [0.5, 0.6) is 0 Å². The molecule has 0 spiro atoms. The van der Waals surface area contributed by atoms with Crippen molar-refractivity contribution in [3.8, 4) is 0 Å². The van der Waals surface area contributed by atoms with E-state index in [4.69, 9.17) is 0 Å². The molecule has 0 unspecified atom stereocenters. The Labute approximate surface area is 97.0 Å². The van der Waals surface area contributed by atoms with E-state index in [0.29, 0.717) is 6.42 Å². The second kappa shape index (κ2) is 3.81. The van der Waals surface area contributed by atoms with Gasteiger partial charge in [0, 0.05) is 35.0 Å². The van der Waals surface area contributed by atoms with Crippen LogP contribution in [0.25, 0.3) is 10.9 Å². The molecule has 1 aromatic carbocycles. The number of nitrogens with zero attached hydrogens (tertiary/aromatic N) is 1. The molecule has 2 rings (SSSR count). The maximum absolute atomic E-state index is 11.2. The van der Waals surface area contributed by atoms with E-state index in [-0.39, 0.29) is 5.78 Å². The summed E-state index contributed by atoms with van der Waals surface area (Å²) in [7, 11) is 2.00. The van der Waals surface area contributed by atoms with Crippen LogP contribution in [0.3, 0.4) is 0 Å². The molecule has 0 fully saturated rings. The lowest BCUT2D eigenvalue weighted by atomic mass is 10.1. The van der Waals surface area contributed by atoms with E-state index in [0.717, 1.165) is 20.9 Å². The third kappa shape index (κ3) is 1.84. The van der Waals surface area contributed by atoms with Crippen LogP contribution in [-0.4, -0.2) is 10.4 Å². The predicted molar refractivity (Wildman–Crippen MR) is 65.0 cm³/mol. The lowest BCUT2D eigenvalue weighted by Gasteiger charge is -1.98. The van der Waals surface area contributed by atoms with E-state index < -0.39 is 0 Å². The average Bonchev–Trinajstić information content (AvgIpc) is 2.44. The molecule has 0 radical (unpaired) electrons. The Hall–Kier alpha value is -1.09. The molecule has 0 aliphatic rings. The topological polar surface area (TPSA) is 22.0 Å². The highest BCUT2D eigenvalue weighted by atomic mass is 79.9. The van der Waals surface area contributed by atoms with Crippen molar-refractivity contribution in [2.45, 2.75) is 13.3 Å². The number of halogens is 1. The van der Waals surface area contributed by atoms with Gasteiger partial charge in [0.15, 0.2) is 0 Å². The molecule has 0 aliphatic carbocycles. The molecule has 0 amide bonds. The molecule has 0 bridgehead atoms. The third-order valence-corrected chi connectivity index (χ3v) is 3.14. The molecule has 1 heterocycles. The van der Waals surface area contributed by atoms with Gasteiger partial charge in [0.1, 0.15) is 5.78 Å². The number of Topliss-reactive ketones (excluding diaryl/α,β-unsaturated/α-hetero) is 1. The fourth-order valence-electron chi connectivity index (χ4n) is 1.89. The third-order valence-electron chi connectivity index (χ3n) is 2.48. The monoisotopic (exact) mass is 265 g/mol. The Kier molecular flexibility index (Phi) is 2.65. The first kappa shape index (κ1) is 10.4. The highest BCUT2D eigenvalue weighted by molar-refractivity contribution is 9.10. The Balaban J connectivity index is 2.70. The van der Waals surface area contributed by atoms with E-state index in [1.54, 1.807) is 6.92 Å². The van der Waals surface area contributed by atoms with Crippen LogP contribution in [0.15, 0.2) is 28.9 Å². The molecule has 3 heteroatoms. The SMILES string of the molecule is CC(=O)Cc1cn(C)c2cccc(Br)c12. The summed E-state index contributed by atoms with van der Waals surface area (Å²) >= 11 is 3.53. The minimum Gasteiger partial charge on any atom is -0.350 e. The lowest BCUT2D eigenvalue weighted by molar-refractivity contribution is -0.116. The number of aromatic nitrogens is 1. The fraction of sp³-hybridized carbons (Fsp3) is 0.250. The molecular weight excluding hydrogens is 254 g/mol. The Morgan fingerprint density at radius 3 is 2.87 bits per heavy atom. The number of fused-ring (bicyclic) bond motifs is 1. The van der Waals surface area contributed by atoms with Crippen LogP contribution in [0, 0.1) is 0 Å². The number of ketones is 1. The average molecular weight is 266 g/mol. The van der Waals surface area contributed by atoms with Crippen LogP contribution >= 0.6 is 15.9 Å². The summed E-state index contributed by atoms with van der Waals surface area (Å²) in [4.78, 5) is 11.2. The Bertz CT molecular complexity index is 528. The lowest BCUT2D eigenvalue weighted by Crippen LogP contribution is -1.95. The summed E-state index contributed by atoms with van der Waals surface area (Å²) in [5, 5.41) is 1.15. The Morgan fingerprint density at radius 2 is 2.20 bits per heavy atom. The first-order valence-electron chi connectivity index (χ1n) is 4.81. The molecule has 0 saturated carbocycles. The smallest absolute Gasteiger partial charge is 0.134 e. The maximum atomic E-state index is 11.2. The molecule has 0 saturated heterocycles. The minimum absolute atomic E-state index is 0.193. The van der Waals surface area contributed by atoms with Crippen LogP contribution in [0.4, 0.5) is 0 Å². The highest BCUT2D eigenvalue weighted by Gasteiger charge is 2.10. The molecule has 15 heavy (non-hydrogen) atoms. The summed E-state index contributed by atoms with van der Waals surface area (Å²) in [6.07, 6.45) is 2.52. The fourth-order valence-corrected chi connectivity index (χ4v) is 2.51. The van der Waals surface area contributed by atoms with Crippen molar-refractivity contribution in [3.05, 3.63) is 34.4 Å². The van der Waals surface area contributed by atoms with Crippen molar-refractivity contribution in [1.82, 2.24) is 4.57 Å².